The third-order valence-corrected chi connectivity index (χ3v) is 4.13. The normalized spacial score (nSPS) is 21.0. The molecule has 2 rings (SSSR count). The Morgan fingerprint density at radius 1 is 1.20 bits per heavy atom. The van der Waals surface area contributed by atoms with Crippen LogP contribution in [0.1, 0.15) is 12.0 Å². The van der Waals surface area contributed by atoms with Gasteiger partial charge in [0.05, 0.1) is 33.0 Å². The van der Waals surface area contributed by atoms with E-state index in [0.29, 0.717) is 11.3 Å². The van der Waals surface area contributed by atoms with Gasteiger partial charge in [-0.15, -0.1) is 0 Å². The third-order valence-electron chi connectivity index (χ3n) is 4.13. The van der Waals surface area contributed by atoms with Gasteiger partial charge >= 0.3 is 11.9 Å². The van der Waals surface area contributed by atoms with Crippen LogP contribution in [0.25, 0.3) is 6.08 Å². The molecule has 0 amide bonds. The summed E-state index contributed by atoms with van der Waals surface area (Å²) in [4.78, 5) is 25.8. The highest BCUT2D eigenvalue weighted by atomic mass is 16.5. The molecule has 1 aromatic rings. The zero-order valence-corrected chi connectivity index (χ0v) is 14.6. The molecule has 1 saturated heterocycles. The van der Waals surface area contributed by atoms with Crippen LogP contribution in [0.4, 0.5) is 0 Å². The predicted octanol–water partition coefficient (Wildman–Crippen LogP) is 0.860. The molecule has 0 saturated carbocycles. The monoisotopic (exact) mass is 349 g/mol. The summed E-state index contributed by atoms with van der Waals surface area (Å²) < 4.78 is 14.8. The number of hydrogen-bond donors (Lipinski definition) is 1. The molecule has 0 aromatic heterocycles. The number of carbonyl (C=O) groups is 2. The first-order chi connectivity index (χ1) is 12.0. The summed E-state index contributed by atoms with van der Waals surface area (Å²) in [6.45, 7) is 0.465. The van der Waals surface area contributed by atoms with Gasteiger partial charge in [0.25, 0.3) is 0 Å². The van der Waals surface area contributed by atoms with Gasteiger partial charge in [0.2, 0.25) is 0 Å². The van der Waals surface area contributed by atoms with Crippen molar-refractivity contribution < 1.29 is 28.9 Å². The van der Waals surface area contributed by atoms with E-state index >= 15 is 0 Å². The lowest BCUT2D eigenvalue weighted by atomic mass is 10.1. The zero-order chi connectivity index (χ0) is 18.4. The number of nitrogens with zero attached hydrogens (tertiary/aromatic N) is 1. The second kappa shape index (κ2) is 8.64. The molecule has 0 radical (unpaired) electrons. The van der Waals surface area contributed by atoms with Crippen LogP contribution in [0, 0.1) is 0 Å². The van der Waals surface area contributed by atoms with E-state index in [9.17, 15) is 14.7 Å². The van der Waals surface area contributed by atoms with E-state index in [1.165, 1.54) is 14.2 Å². The summed E-state index contributed by atoms with van der Waals surface area (Å²) in [6.07, 6.45) is 1.34. The number of benzene rings is 1. The smallest absolute Gasteiger partial charge is 0.335 e. The molecule has 1 N–H and O–H groups in total. The van der Waals surface area contributed by atoms with Gasteiger partial charge in [-0.25, -0.2) is 4.79 Å². The van der Waals surface area contributed by atoms with E-state index in [-0.39, 0.29) is 19.5 Å². The maximum atomic E-state index is 12.1. The molecular weight excluding hydrogens is 326 g/mol. The third kappa shape index (κ3) is 4.80. The van der Waals surface area contributed by atoms with Gasteiger partial charge in [-0.2, -0.15) is 0 Å². The van der Waals surface area contributed by atoms with Crippen molar-refractivity contribution in [2.75, 3.05) is 34.4 Å². The van der Waals surface area contributed by atoms with Gasteiger partial charge in [-0.3, -0.25) is 9.69 Å². The van der Waals surface area contributed by atoms with E-state index in [2.05, 4.69) is 0 Å². The molecular formula is C18H23NO6. The van der Waals surface area contributed by atoms with E-state index < -0.39 is 24.1 Å². The van der Waals surface area contributed by atoms with Crippen LogP contribution >= 0.6 is 0 Å². The Kier molecular flexibility index (Phi) is 6.55. The maximum absolute atomic E-state index is 12.1. The van der Waals surface area contributed by atoms with Gasteiger partial charge in [0.1, 0.15) is 11.8 Å². The number of esters is 2. The maximum Gasteiger partial charge on any atom is 0.335 e. The summed E-state index contributed by atoms with van der Waals surface area (Å²) >= 11 is 0. The minimum Gasteiger partial charge on any atom is -0.497 e. The van der Waals surface area contributed by atoms with Crippen LogP contribution in [0.2, 0.25) is 0 Å². The summed E-state index contributed by atoms with van der Waals surface area (Å²) in [5, 5.41) is 9.87. The standard InChI is InChI=1S/C18H23NO6/c1-23-15-6-4-12(5-7-15)8-13(17(21)24-2)10-19-11-14(20)9-16(19)18(22)25-3/h4-8,14,16,20H,9-11H2,1-3H3/b13-8-/t14-,16+/m1/s1. The lowest BCUT2D eigenvalue weighted by molar-refractivity contribution is -0.146. The van der Waals surface area contributed by atoms with Crippen LogP contribution in [-0.2, 0) is 19.1 Å². The highest BCUT2D eigenvalue weighted by Gasteiger charge is 2.37. The number of β-amino-alcohol motifs (C(OH)–C–C–N with tert-alkyl or cyclic N) is 1. The minimum atomic E-state index is -0.635. The van der Waals surface area contributed by atoms with Crippen molar-refractivity contribution in [1.29, 1.82) is 0 Å². The van der Waals surface area contributed by atoms with Crippen molar-refractivity contribution in [3.63, 3.8) is 0 Å². The molecule has 7 nitrogen and oxygen atoms in total. The molecule has 0 bridgehead atoms. The topological polar surface area (TPSA) is 85.3 Å². The first-order valence-corrected chi connectivity index (χ1v) is 7.91. The molecule has 0 unspecified atom stereocenters. The Morgan fingerprint density at radius 3 is 2.44 bits per heavy atom. The van der Waals surface area contributed by atoms with Crippen LogP contribution in [0.3, 0.4) is 0 Å². The number of carbonyl (C=O) groups excluding carboxylic acids is 2. The molecule has 1 aliphatic rings. The van der Waals surface area contributed by atoms with E-state index in [1.807, 2.05) is 12.1 Å². The SMILES string of the molecule is COC(=O)/C(=C\c1ccc(OC)cc1)CN1C[C@H](O)C[C@H]1C(=O)OC. The second-order valence-corrected chi connectivity index (χ2v) is 5.79. The molecule has 1 aromatic carbocycles. The first kappa shape index (κ1) is 19.0. The molecule has 25 heavy (non-hydrogen) atoms. The predicted molar refractivity (Wildman–Crippen MR) is 91.0 cm³/mol. The van der Waals surface area contributed by atoms with Crippen molar-refractivity contribution in [2.24, 2.45) is 0 Å². The molecule has 0 spiro atoms. The van der Waals surface area contributed by atoms with Gasteiger partial charge < -0.3 is 19.3 Å². The highest BCUT2D eigenvalue weighted by Crippen LogP contribution is 2.22. The highest BCUT2D eigenvalue weighted by molar-refractivity contribution is 5.94. The summed E-state index contributed by atoms with van der Waals surface area (Å²) in [5.74, 6) is -0.198. The van der Waals surface area contributed by atoms with E-state index in [0.717, 1.165) is 5.56 Å². The number of hydrogen-bond acceptors (Lipinski definition) is 7. The van der Waals surface area contributed by atoms with Crippen molar-refractivity contribution in [3.05, 3.63) is 35.4 Å². The lowest BCUT2D eigenvalue weighted by Crippen LogP contribution is -2.39. The van der Waals surface area contributed by atoms with Crippen LogP contribution in [0.15, 0.2) is 29.8 Å². The largest absolute Gasteiger partial charge is 0.497 e. The van der Waals surface area contributed by atoms with Gasteiger partial charge in [0, 0.05) is 19.5 Å². The van der Waals surface area contributed by atoms with E-state index in [4.69, 9.17) is 14.2 Å². The number of aliphatic hydroxyl groups is 1. The summed E-state index contributed by atoms with van der Waals surface area (Å²) in [7, 11) is 4.19. The van der Waals surface area contributed by atoms with Gasteiger partial charge in [0.15, 0.2) is 0 Å². The Hall–Kier alpha value is -2.38. The summed E-state index contributed by atoms with van der Waals surface area (Å²) in [5.41, 5.74) is 1.19. The summed E-state index contributed by atoms with van der Waals surface area (Å²) in [6, 6.07) is 6.63. The molecule has 0 aliphatic carbocycles. The van der Waals surface area contributed by atoms with Gasteiger partial charge in [-0.1, -0.05) is 12.1 Å². The average Bonchev–Trinajstić information content (AvgIpc) is 3.00. The van der Waals surface area contributed by atoms with Crippen LogP contribution < -0.4 is 4.74 Å². The first-order valence-electron chi connectivity index (χ1n) is 7.91. The number of rotatable bonds is 6. The van der Waals surface area contributed by atoms with E-state index in [1.54, 1.807) is 30.2 Å². The van der Waals surface area contributed by atoms with Crippen LogP contribution in [-0.4, -0.2) is 68.5 Å². The second-order valence-electron chi connectivity index (χ2n) is 5.79. The van der Waals surface area contributed by atoms with Crippen molar-refractivity contribution in [1.82, 2.24) is 4.90 Å². The molecule has 1 heterocycles. The number of aliphatic hydroxyl groups excluding tert-OH is 1. The fourth-order valence-corrected chi connectivity index (χ4v) is 2.86. The van der Waals surface area contributed by atoms with Crippen LogP contribution in [0.5, 0.6) is 5.75 Å². The number of methoxy groups -OCH3 is 3. The zero-order valence-electron chi connectivity index (χ0n) is 14.6. The Morgan fingerprint density at radius 2 is 1.88 bits per heavy atom. The molecule has 1 fully saturated rings. The molecule has 2 atom stereocenters. The number of ether oxygens (including phenoxy) is 3. The molecule has 7 heteroatoms. The minimum absolute atomic E-state index is 0.176. The number of likely N-dealkylation sites (tertiary alicyclic amines) is 1. The Bertz CT molecular complexity index is 639. The van der Waals surface area contributed by atoms with Crippen molar-refractivity contribution in [3.8, 4) is 5.75 Å². The quantitative estimate of drug-likeness (QED) is 0.602. The fourth-order valence-electron chi connectivity index (χ4n) is 2.86. The molecule has 136 valence electrons. The van der Waals surface area contributed by atoms with Crippen molar-refractivity contribution in [2.45, 2.75) is 18.6 Å². The Balaban J connectivity index is 2.23. The lowest BCUT2D eigenvalue weighted by Gasteiger charge is -2.22. The fraction of sp³-hybridized carbons (Fsp3) is 0.444. The molecule has 1 aliphatic heterocycles. The average molecular weight is 349 g/mol. The van der Waals surface area contributed by atoms with Crippen molar-refractivity contribution >= 4 is 18.0 Å². The van der Waals surface area contributed by atoms with Gasteiger partial charge in [-0.05, 0) is 23.8 Å². The Labute approximate surface area is 146 Å².